The molecule has 2 aromatic rings. The van der Waals surface area contributed by atoms with Gasteiger partial charge in [0.2, 0.25) is 0 Å². The number of benzene rings is 2. The third-order valence-electron chi connectivity index (χ3n) is 3.55. The van der Waals surface area contributed by atoms with E-state index in [4.69, 9.17) is 0 Å². The van der Waals surface area contributed by atoms with Crippen LogP contribution in [-0.2, 0) is 6.42 Å². The summed E-state index contributed by atoms with van der Waals surface area (Å²) in [5, 5.41) is 15.7. The van der Waals surface area contributed by atoms with E-state index in [2.05, 4.69) is 10.6 Å². The minimum absolute atomic E-state index is 0.0535. The normalized spacial score (nSPS) is 13.2. The van der Waals surface area contributed by atoms with Gasteiger partial charge >= 0.3 is 0 Å². The number of hydrogen-bond acceptors (Lipinski definition) is 3. The highest BCUT2D eigenvalue weighted by Gasteiger charge is 2.16. The molecule has 0 radical (unpaired) electrons. The SMILES string of the molecule is O=C(Nc1cccc2c1CCCN2)c1ccc(F)cc1O. The Bertz CT molecular complexity index is 701. The van der Waals surface area contributed by atoms with Crippen molar-refractivity contribution in [2.45, 2.75) is 12.8 Å². The molecule has 0 atom stereocenters. The van der Waals surface area contributed by atoms with Crippen molar-refractivity contribution in [3.8, 4) is 5.75 Å². The number of halogens is 1. The minimum Gasteiger partial charge on any atom is -0.507 e. The summed E-state index contributed by atoms with van der Waals surface area (Å²) in [4.78, 5) is 12.2. The molecule has 108 valence electrons. The largest absolute Gasteiger partial charge is 0.507 e. The lowest BCUT2D eigenvalue weighted by molar-refractivity contribution is 0.102. The first-order valence-corrected chi connectivity index (χ1v) is 6.81. The van der Waals surface area contributed by atoms with Crippen molar-refractivity contribution >= 4 is 17.3 Å². The summed E-state index contributed by atoms with van der Waals surface area (Å²) < 4.78 is 13.0. The summed E-state index contributed by atoms with van der Waals surface area (Å²) in [6, 6.07) is 9.00. The Kier molecular flexibility index (Phi) is 3.48. The van der Waals surface area contributed by atoms with Crippen molar-refractivity contribution in [1.82, 2.24) is 0 Å². The van der Waals surface area contributed by atoms with Crippen LogP contribution in [0.15, 0.2) is 36.4 Å². The van der Waals surface area contributed by atoms with Gasteiger partial charge in [0.25, 0.3) is 5.91 Å². The third-order valence-corrected chi connectivity index (χ3v) is 3.55. The number of amides is 1. The molecule has 3 N–H and O–H groups in total. The average Bonchev–Trinajstić information content (AvgIpc) is 2.47. The van der Waals surface area contributed by atoms with Gasteiger partial charge in [0.15, 0.2) is 0 Å². The molecule has 0 bridgehead atoms. The molecule has 1 heterocycles. The van der Waals surface area contributed by atoms with Crippen LogP contribution in [0.2, 0.25) is 0 Å². The highest BCUT2D eigenvalue weighted by molar-refractivity contribution is 6.06. The van der Waals surface area contributed by atoms with Crippen LogP contribution in [0.5, 0.6) is 5.75 Å². The number of rotatable bonds is 2. The maximum Gasteiger partial charge on any atom is 0.259 e. The molecule has 0 saturated carbocycles. The van der Waals surface area contributed by atoms with E-state index in [0.717, 1.165) is 42.8 Å². The molecule has 0 aliphatic carbocycles. The Morgan fingerprint density at radius 1 is 1.29 bits per heavy atom. The van der Waals surface area contributed by atoms with E-state index in [1.165, 1.54) is 6.07 Å². The fourth-order valence-electron chi connectivity index (χ4n) is 2.51. The number of fused-ring (bicyclic) bond motifs is 1. The number of anilines is 2. The van der Waals surface area contributed by atoms with Gasteiger partial charge in [0, 0.05) is 24.0 Å². The minimum atomic E-state index is -0.578. The predicted molar refractivity (Wildman–Crippen MR) is 79.3 cm³/mol. The van der Waals surface area contributed by atoms with E-state index < -0.39 is 11.7 Å². The molecule has 0 aromatic heterocycles. The number of aromatic hydroxyl groups is 1. The molecule has 3 rings (SSSR count). The monoisotopic (exact) mass is 286 g/mol. The Labute approximate surface area is 121 Å². The Balaban J connectivity index is 1.88. The van der Waals surface area contributed by atoms with Crippen LogP contribution in [0.4, 0.5) is 15.8 Å². The van der Waals surface area contributed by atoms with Gasteiger partial charge in [-0.25, -0.2) is 4.39 Å². The second-order valence-electron chi connectivity index (χ2n) is 4.98. The van der Waals surface area contributed by atoms with Gasteiger partial charge < -0.3 is 15.7 Å². The molecule has 1 aliphatic rings. The molecule has 0 fully saturated rings. The first-order valence-electron chi connectivity index (χ1n) is 6.81. The fraction of sp³-hybridized carbons (Fsp3) is 0.188. The number of carbonyl (C=O) groups is 1. The van der Waals surface area contributed by atoms with Crippen LogP contribution in [0, 0.1) is 5.82 Å². The third kappa shape index (κ3) is 2.67. The molecule has 0 saturated heterocycles. The lowest BCUT2D eigenvalue weighted by Gasteiger charge is -2.21. The Morgan fingerprint density at radius 3 is 2.95 bits per heavy atom. The zero-order chi connectivity index (χ0) is 14.8. The maximum atomic E-state index is 13.0. The topological polar surface area (TPSA) is 61.4 Å². The van der Waals surface area contributed by atoms with Crippen molar-refractivity contribution in [1.29, 1.82) is 0 Å². The number of nitrogens with one attached hydrogen (secondary N) is 2. The molecule has 0 spiro atoms. The number of phenols is 1. The highest BCUT2D eigenvalue weighted by Crippen LogP contribution is 2.29. The molecule has 2 aromatic carbocycles. The number of phenolic OH excluding ortho intramolecular Hbond substituents is 1. The van der Waals surface area contributed by atoms with E-state index in [1.54, 1.807) is 0 Å². The Morgan fingerprint density at radius 2 is 2.14 bits per heavy atom. The summed E-state index contributed by atoms with van der Waals surface area (Å²) in [6.07, 6.45) is 1.88. The Hall–Kier alpha value is -2.56. The van der Waals surface area contributed by atoms with Gasteiger partial charge in [-0.15, -0.1) is 0 Å². The molecular weight excluding hydrogens is 271 g/mol. The van der Waals surface area contributed by atoms with Crippen LogP contribution < -0.4 is 10.6 Å². The molecule has 4 nitrogen and oxygen atoms in total. The van der Waals surface area contributed by atoms with Crippen LogP contribution >= 0.6 is 0 Å². The summed E-state index contributed by atoms with van der Waals surface area (Å²) in [6.45, 7) is 0.920. The van der Waals surface area contributed by atoms with Crippen molar-refractivity contribution < 1.29 is 14.3 Å². The van der Waals surface area contributed by atoms with E-state index in [0.29, 0.717) is 5.69 Å². The maximum absolute atomic E-state index is 13.0. The quantitative estimate of drug-likeness (QED) is 0.794. The van der Waals surface area contributed by atoms with Gasteiger partial charge in [-0.2, -0.15) is 0 Å². The lowest BCUT2D eigenvalue weighted by atomic mass is 10.0. The average molecular weight is 286 g/mol. The number of hydrogen-bond donors (Lipinski definition) is 3. The van der Waals surface area contributed by atoms with Crippen molar-refractivity contribution in [2.75, 3.05) is 17.2 Å². The van der Waals surface area contributed by atoms with Gasteiger partial charge in [-0.3, -0.25) is 4.79 Å². The van der Waals surface area contributed by atoms with Gasteiger partial charge in [-0.05, 0) is 42.7 Å². The van der Waals surface area contributed by atoms with Crippen LogP contribution in [0.1, 0.15) is 22.3 Å². The highest BCUT2D eigenvalue weighted by atomic mass is 19.1. The van der Waals surface area contributed by atoms with Crippen LogP contribution in [-0.4, -0.2) is 17.6 Å². The number of carbonyl (C=O) groups excluding carboxylic acids is 1. The summed E-state index contributed by atoms with van der Waals surface area (Å²) in [5.74, 6) is -1.40. The summed E-state index contributed by atoms with van der Waals surface area (Å²) in [7, 11) is 0. The molecule has 1 aliphatic heterocycles. The molecule has 21 heavy (non-hydrogen) atoms. The molecule has 0 unspecified atom stereocenters. The fourth-order valence-corrected chi connectivity index (χ4v) is 2.51. The van der Waals surface area contributed by atoms with Gasteiger partial charge in [0.1, 0.15) is 11.6 Å². The van der Waals surface area contributed by atoms with Gasteiger partial charge in [0.05, 0.1) is 5.56 Å². The summed E-state index contributed by atoms with van der Waals surface area (Å²) >= 11 is 0. The molecular formula is C16H15FN2O2. The second kappa shape index (κ2) is 5.44. The zero-order valence-electron chi connectivity index (χ0n) is 11.3. The van der Waals surface area contributed by atoms with Crippen molar-refractivity contribution in [3.63, 3.8) is 0 Å². The van der Waals surface area contributed by atoms with E-state index >= 15 is 0 Å². The lowest BCUT2D eigenvalue weighted by Crippen LogP contribution is -2.17. The van der Waals surface area contributed by atoms with Crippen LogP contribution in [0.25, 0.3) is 0 Å². The smallest absolute Gasteiger partial charge is 0.259 e. The van der Waals surface area contributed by atoms with E-state index in [9.17, 15) is 14.3 Å². The van der Waals surface area contributed by atoms with E-state index in [-0.39, 0.29) is 11.3 Å². The first kappa shape index (κ1) is 13.4. The second-order valence-corrected chi connectivity index (χ2v) is 4.98. The predicted octanol–water partition coefficient (Wildman–Crippen LogP) is 3.14. The standard InChI is InChI=1S/C16H15FN2O2/c17-10-6-7-12(15(20)9-10)16(21)19-14-5-1-4-13-11(14)3-2-8-18-13/h1,4-7,9,18,20H,2-3,8H2,(H,19,21). The van der Waals surface area contributed by atoms with Crippen LogP contribution in [0.3, 0.4) is 0 Å². The molecule has 1 amide bonds. The zero-order valence-corrected chi connectivity index (χ0v) is 11.3. The first-order chi connectivity index (χ1) is 10.1. The van der Waals surface area contributed by atoms with Crippen molar-refractivity contribution in [2.24, 2.45) is 0 Å². The molecule has 5 heteroatoms. The van der Waals surface area contributed by atoms with Crippen molar-refractivity contribution in [3.05, 3.63) is 53.3 Å². The van der Waals surface area contributed by atoms with E-state index in [1.807, 2.05) is 18.2 Å². The van der Waals surface area contributed by atoms with Gasteiger partial charge in [-0.1, -0.05) is 6.07 Å². The summed E-state index contributed by atoms with van der Waals surface area (Å²) in [5.41, 5.74) is 2.84.